The third kappa shape index (κ3) is 4.78. The molecule has 1 saturated heterocycles. The summed E-state index contributed by atoms with van der Waals surface area (Å²) < 4.78 is 1.89. The van der Waals surface area contributed by atoms with E-state index in [0.29, 0.717) is 5.56 Å². The Hall–Kier alpha value is -1.98. The van der Waals surface area contributed by atoms with E-state index >= 15 is 0 Å². The van der Waals surface area contributed by atoms with Gasteiger partial charge in [-0.05, 0) is 44.9 Å². The maximum absolute atomic E-state index is 13.2. The number of hydrogen-bond acceptors (Lipinski definition) is 3. The largest absolute Gasteiger partial charge is 0.364 e. The first-order chi connectivity index (χ1) is 13.3. The third-order valence-corrected chi connectivity index (χ3v) is 5.51. The first-order valence-electron chi connectivity index (χ1n) is 11.0. The number of nitrogens with one attached hydrogen (secondary N) is 2. The molecule has 0 saturated carbocycles. The molecule has 3 rings (SSSR count). The van der Waals surface area contributed by atoms with Gasteiger partial charge in [-0.25, -0.2) is 0 Å². The van der Waals surface area contributed by atoms with Gasteiger partial charge in [0.25, 0.3) is 5.91 Å². The lowest BCUT2D eigenvalue weighted by atomic mass is 9.81. The Morgan fingerprint density at radius 2 is 1.69 bits per heavy atom. The summed E-state index contributed by atoms with van der Waals surface area (Å²) in [5.74, 6) is 1.04. The Labute approximate surface area is 175 Å². The van der Waals surface area contributed by atoms with Crippen molar-refractivity contribution in [2.45, 2.75) is 92.0 Å². The summed E-state index contributed by atoms with van der Waals surface area (Å²) in [5.41, 5.74) is 2.52. The molecule has 1 aliphatic rings. The zero-order chi connectivity index (χ0) is 21.6. The smallest absolute Gasteiger partial charge is 0.259 e. The highest BCUT2D eigenvalue weighted by Gasteiger charge is 2.32. The number of H-pyrrole nitrogens is 1. The van der Waals surface area contributed by atoms with E-state index in [0.717, 1.165) is 49.5 Å². The van der Waals surface area contributed by atoms with E-state index in [-0.39, 0.29) is 22.3 Å². The van der Waals surface area contributed by atoms with Crippen LogP contribution in [0.4, 0.5) is 5.82 Å². The van der Waals surface area contributed by atoms with Crippen LogP contribution in [0.1, 0.15) is 97.1 Å². The van der Waals surface area contributed by atoms with E-state index in [1.807, 2.05) is 9.42 Å². The van der Waals surface area contributed by atoms with Crippen LogP contribution in [0, 0.1) is 5.41 Å². The number of likely N-dealkylation sites (tertiary alicyclic amines) is 1. The Morgan fingerprint density at radius 3 is 2.24 bits per heavy atom. The minimum atomic E-state index is -0.115. The molecule has 0 aliphatic carbocycles. The number of carbonyl (C=O) groups is 1. The lowest BCUT2D eigenvalue weighted by molar-refractivity contribution is 0.0726. The molecule has 0 unspecified atom stereocenters. The molecule has 1 aliphatic heterocycles. The number of carbonyl (C=O) groups excluding carboxylic acids is 1. The minimum absolute atomic E-state index is 0.0851. The number of fused-ring (bicyclic) bond motifs is 1. The predicted molar refractivity (Wildman–Crippen MR) is 120 cm³/mol. The van der Waals surface area contributed by atoms with Crippen LogP contribution >= 0.6 is 0 Å². The van der Waals surface area contributed by atoms with Gasteiger partial charge in [0.1, 0.15) is 17.0 Å². The molecule has 2 aromatic rings. The second-order valence-electron chi connectivity index (χ2n) is 11.5. The van der Waals surface area contributed by atoms with Gasteiger partial charge in [0, 0.05) is 24.0 Å². The zero-order valence-corrected chi connectivity index (χ0v) is 19.6. The number of piperidine rings is 1. The molecule has 0 aromatic carbocycles. The molecule has 6 heteroatoms. The molecule has 0 spiro atoms. The van der Waals surface area contributed by atoms with Crippen molar-refractivity contribution in [1.82, 2.24) is 19.5 Å². The van der Waals surface area contributed by atoms with E-state index in [2.05, 4.69) is 70.8 Å². The van der Waals surface area contributed by atoms with Crippen LogP contribution in [0.25, 0.3) is 5.65 Å². The van der Waals surface area contributed by atoms with E-state index in [9.17, 15) is 4.79 Å². The fourth-order valence-electron chi connectivity index (χ4n) is 4.69. The third-order valence-electron chi connectivity index (χ3n) is 5.51. The average molecular weight is 402 g/mol. The van der Waals surface area contributed by atoms with Crippen molar-refractivity contribution < 1.29 is 4.79 Å². The second kappa shape index (κ2) is 7.37. The van der Waals surface area contributed by atoms with Crippen molar-refractivity contribution >= 4 is 17.4 Å². The molecule has 162 valence electrons. The predicted octanol–water partition coefficient (Wildman–Crippen LogP) is 5.21. The van der Waals surface area contributed by atoms with Gasteiger partial charge >= 0.3 is 0 Å². The average Bonchev–Trinajstić information content (AvgIpc) is 3.12. The van der Waals surface area contributed by atoms with Crippen LogP contribution < -0.4 is 5.32 Å². The Morgan fingerprint density at radius 1 is 1.07 bits per heavy atom. The standard InChI is InChI=1S/C23H39N5O/c1-21(2,3)15-23(7,8)26-19-17(22(4,5)6)25-18-16(14-24-28(18)19)20(29)27-12-10-9-11-13-27/h14,25-26H,9-13,15H2,1-8H3. The highest BCUT2D eigenvalue weighted by molar-refractivity contribution is 6.00. The fraction of sp³-hybridized carbons (Fsp3) is 0.739. The molecule has 29 heavy (non-hydrogen) atoms. The van der Waals surface area contributed by atoms with Crippen LogP contribution in [0.15, 0.2) is 6.20 Å². The van der Waals surface area contributed by atoms with Gasteiger partial charge in [-0.2, -0.15) is 9.61 Å². The molecule has 2 N–H and O–H groups in total. The molecule has 0 bridgehead atoms. The molecule has 1 fully saturated rings. The van der Waals surface area contributed by atoms with Crippen LogP contribution in [0.5, 0.6) is 0 Å². The second-order valence-corrected chi connectivity index (χ2v) is 11.5. The van der Waals surface area contributed by atoms with E-state index in [4.69, 9.17) is 0 Å². The summed E-state index contributed by atoms with van der Waals surface area (Å²) >= 11 is 0. The molecule has 6 nitrogen and oxygen atoms in total. The van der Waals surface area contributed by atoms with Crippen molar-refractivity contribution in [2.24, 2.45) is 5.41 Å². The summed E-state index contributed by atoms with van der Waals surface area (Å²) in [6, 6.07) is 0. The zero-order valence-electron chi connectivity index (χ0n) is 19.6. The van der Waals surface area contributed by atoms with Gasteiger partial charge < -0.3 is 15.2 Å². The maximum Gasteiger partial charge on any atom is 0.259 e. The Balaban J connectivity index is 2.02. The first kappa shape index (κ1) is 21.7. The van der Waals surface area contributed by atoms with Crippen LogP contribution in [-0.4, -0.2) is 44.0 Å². The number of anilines is 1. The monoisotopic (exact) mass is 401 g/mol. The minimum Gasteiger partial charge on any atom is -0.364 e. The Bertz CT molecular complexity index is 870. The number of rotatable bonds is 4. The van der Waals surface area contributed by atoms with Gasteiger partial charge in [0.2, 0.25) is 0 Å². The highest BCUT2D eigenvalue weighted by Crippen LogP contribution is 2.35. The van der Waals surface area contributed by atoms with Crippen molar-refractivity contribution in [3.63, 3.8) is 0 Å². The summed E-state index contributed by atoms with van der Waals surface area (Å²) in [7, 11) is 0. The fourth-order valence-corrected chi connectivity index (χ4v) is 4.69. The Kier molecular flexibility index (Phi) is 5.52. The SMILES string of the molecule is CC(C)(C)CC(C)(C)Nc1c(C(C)(C)C)[nH]c2c(C(=O)N3CCCCC3)cnn12. The summed E-state index contributed by atoms with van der Waals surface area (Å²) in [4.78, 5) is 18.7. The number of aromatic nitrogens is 3. The topological polar surface area (TPSA) is 65.4 Å². The van der Waals surface area contributed by atoms with Gasteiger partial charge in [-0.15, -0.1) is 0 Å². The maximum atomic E-state index is 13.2. The van der Waals surface area contributed by atoms with E-state index in [1.54, 1.807) is 6.20 Å². The van der Waals surface area contributed by atoms with E-state index < -0.39 is 0 Å². The van der Waals surface area contributed by atoms with Gasteiger partial charge in [-0.1, -0.05) is 41.5 Å². The number of aromatic amines is 1. The molecule has 0 radical (unpaired) electrons. The lowest BCUT2D eigenvalue weighted by Gasteiger charge is -2.34. The molecule has 1 amide bonds. The summed E-state index contributed by atoms with van der Waals surface area (Å²) in [6.45, 7) is 19.5. The van der Waals surface area contributed by atoms with Crippen molar-refractivity contribution in [2.75, 3.05) is 18.4 Å². The number of amides is 1. The number of imidazole rings is 1. The van der Waals surface area contributed by atoms with E-state index in [1.165, 1.54) is 6.42 Å². The van der Waals surface area contributed by atoms with Crippen molar-refractivity contribution in [1.29, 1.82) is 0 Å². The quantitative estimate of drug-likeness (QED) is 0.739. The van der Waals surface area contributed by atoms with Crippen LogP contribution in [0.2, 0.25) is 0 Å². The lowest BCUT2D eigenvalue weighted by Crippen LogP contribution is -2.36. The molecule has 0 atom stereocenters. The van der Waals surface area contributed by atoms with Gasteiger partial charge in [-0.3, -0.25) is 4.79 Å². The molecular weight excluding hydrogens is 362 g/mol. The highest BCUT2D eigenvalue weighted by atomic mass is 16.2. The first-order valence-corrected chi connectivity index (χ1v) is 11.0. The van der Waals surface area contributed by atoms with Gasteiger partial charge in [0.05, 0.1) is 11.9 Å². The molecule has 3 heterocycles. The van der Waals surface area contributed by atoms with Crippen LogP contribution in [0.3, 0.4) is 0 Å². The number of nitrogens with zero attached hydrogens (tertiary/aromatic N) is 3. The molecule has 2 aromatic heterocycles. The number of hydrogen-bond donors (Lipinski definition) is 2. The normalized spacial score (nSPS) is 16.5. The summed E-state index contributed by atoms with van der Waals surface area (Å²) in [6.07, 6.45) is 6.11. The van der Waals surface area contributed by atoms with Crippen molar-refractivity contribution in [3.8, 4) is 0 Å². The van der Waals surface area contributed by atoms with Crippen molar-refractivity contribution in [3.05, 3.63) is 17.5 Å². The van der Waals surface area contributed by atoms with Gasteiger partial charge in [0.15, 0.2) is 0 Å². The molecular formula is C23H39N5O. The summed E-state index contributed by atoms with van der Waals surface area (Å²) in [5, 5.41) is 8.37. The van der Waals surface area contributed by atoms with Crippen LogP contribution in [-0.2, 0) is 5.41 Å².